The van der Waals surface area contributed by atoms with Gasteiger partial charge in [-0.25, -0.2) is 0 Å². The van der Waals surface area contributed by atoms with Gasteiger partial charge in [0.15, 0.2) is 0 Å². The molecule has 6 heavy (non-hydrogen) atoms. The molecular formula is C5H8O. The van der Waals surface area contributed by atoms with E-state index in [0.717, 1.165) is 0 Å². The van der Waals surface area contributed by atoms with Crippen LogP contribution in [0.2, 0.25) is 0 Å². The molecule has 0 N–H and O–H groups in total. The Kier molecular flexibility index (Phi) is 46.4. The minimum absolute atomic E-state index is 0.639. The van der Waals surface area contributed by atoms with Crippen molar-refractivity contribution in [3.63, 3.8) is 0 Å². The molecule has 0 aromatic carbocycles. The van der Waals surface area contributed by atoms with Crippen LogP contribution in [0.15, 0.2) is 25.8 Å². The van der Waals surface area contributed by atoms with Gasteiger partial charge < -0.3 is 0 Å². The van der Waals surface area contributed by atoms with Crippen molar-refractivity contribution in [2.75, 3.05) is 0 Å². The highest BCUT2D eigenvalue weighted by molar-refractivity contribution is 5.63. The topological polar surface area (TPSA) is 17.1 Å². The van der Waals surface area contributed by atoms with E-state index in [0.29, 0.717) is 6.29 Å². The van der Waals surface area contributed by atoms with Crippen molar-refractivity contribution in [2.24, 2.45) is 0 Å². The maximum atomic E-state index is 9.06. The maximum Gasteiger partial charge on any atom is 0.142 e. The first-order chi connectivity index (χ1) is 2.91. The lowest BCUT2D eigenvalue weighted by atomic mass is 10.8. The molecule has 0 aromatic heterocycles. The Morgan fingerprint density at radius 1 is 1.33 bits per heavy atom. The van der Waals surface area contributed by atoms with Gasteiger partial charge in [-0.3, -0.25) is 4.79 Å². The molecule has 0 bridgehead atoms. The molecule has 0 spiro atoms. The largest absolute Gasteiger partial charge is 0.299 e. The zero-order valence-corrected chi connectivity index (χ0v) is 3.68. The fraction of sp³-hybridized carbons (Fsp3) is 0. The van der Waals surface area contributed by atoms with Gasteiger partial charge in [0.1, 0.15) is 6.29 Å². The second-order valence-corrected chi connectivity index (χ2v) is 0.372. The van der Waals surface area contributed by atoms with Crippen LogP contribution in [0.3, 0.4) is 0 Å². The molecule has 0 radical (unpaired) electrons. The van der Waals surface area contributed by atoms with E-state index in [4.69, 9.17) is 4.79 Å². The van der Waals surface area contributed by atoms with E-state index in [1.807, 2.05) is 0 Å². The normalized spacial score (nSPS) is 4.00. The van der Waals surface area contributed by atoms with E-state index >= 15 is 0 Å². The van der Waals surface area contributed by atoms with Crippen LogP contribution in [0.4, 0.5) is 0 Å². The van der Waals surface area contributed by atoms with Gasteiger partial charge in [0.25, 0.3) is 0 Å². The Hall–Kier alpha value is -0.850. The minimum atomic E-state index is 0.639. The number of hydrogen-bond donors (Lipinski definition) is 0. The Bertz CT molecular complexity index is 33.2. The number of carbonyl (C=O) groups excluding carboxylic acids is 1. The number of hydrogen-bond acceptors (Lipinski definition) is 1. The Morgan fingerprint density at radius 2 is 1.50 bits per heavy atom. The summed E-state index contributed by atoms with van der Waals surface area (Å²) in [4.78, 5) is 9.06. The van der Waals surface area contributed by atoms with Crippen molar-refractivity contribution in [3.8, 4) is 0 Å². The van der Waals surface area contributed by atoms with Crippen LogP contribution in [-0.2, 0) is 4.79 Å². The number of carbonyl (C=O) groups is 1. The van der Waals surface area contributed by atoms with Gasteiger partial charge in [-0.15, -0.1) is 13.2 Å². The molecule has 0 heterocycles. The monoisotopic (exact) mass is 84.1 g/mol. The third kappa shape index (κ3) is 647. The van der Waals surface area contributed by atoms with E-state index < -0.39 is 0 Å². The van der Waals surface area contributed by atoms with Crippen molar-refractivity contribution < 1.29 is 4.79 Å². The SMILES string of the molecule is C=C.C=CC=O. The molecule has 0 amide bonds. The van der Waals surface area contributed by atoms with Gasteiger partial charge in [-0.1, -0.05) is 6.58 Å². The van der Waals surface area contributed by atoms with Crippen molar-refractivity contribution in [3.05, 3.63) is 25.8 Å². The Labute approximate surface area is 38.0 Å². The number of rotatable bonds is 1. The average molecular weight is 84.1 g/mol. The fourth-order valence-electron chi connectivity index (χ4n) is 0. The lowest BCUT2D eigenvalue weighted by Crippen LogP contribution is -1.44. The van der Waals surface area contributed by atoms with Crippen LogP contribution < -0.4 is 0 Å². The van der Waals surface area contributed by atoms with Crippen LogP contribution >= 0.6 is 0 Å². The summed E-state index contributed by atoms with van der Waals surface area (Å²) < 4.78 is 0. The average Bonchev–Trinajstić information content (AvgIpc) is 1.72. The molecule has 34 valence electrons. The summed E-state index contributed by atoms with van der Waals surface area (Å²) in [6.45, 7) is 9.11. The summed E-state index contributed by atoms with van der Waals surface area (Å²) >= 11 is 0. The Balaban J connectivity index is 0. The minimum Gasteiger partial charge on any atom is -0.299 e. The molecule has 0 aromatic rings. The highest BCUT2D eigenvalue weighted by Crippen LogP contribution is 1.35. The molecule has 0 aliphatic heterocycles. The second kappa shape index (κ2) is 31.1. The van der Waals surface area contributed by atoms with Gasteiger partial charge >= 0.3 is 0 Å². The van der Waals surface area contributed by atoms with Crippen LogP contribution in [-0.4, -0.2) is 6.29 Å². The molecule has 0 saturated carbocycles. The van der Waals surface area contributed by atoms with Crippen LogP contribution in [0.25, 0.3) is 0 Å². The summed E-state index contributed by atoms with van der Waals surface area (Å²) in [7, 11) is 0. The summed E-state index contributed by atoms with van der Waals surface area (Å²) in [6.07, 6.45) is 1.83. The first-order valence-corrected chi connectivity index (χ1v) is 1.48. The smallest absolute Gasteiger partial charge is 0.142 e. The van der Waals surface area contributed by atoms with E-state index in [1.165, 1.54) is 6.08 Å². The van der Waals surface area contributed by atoms with Crippen LogP contribution in [0, 0.1) is 0 Å². The molecule has 0 atom stereocenters. The van der Waals surface area contributed by atoms with E-state index in [1.54, 1.807) is 0 Å². The van der Waals surface area contributed by atoms with Gasteiger partial charge in [0, 0.05) is 0 Å². The molecule has 0 rings (SSSR count). The van der Waals surface area contributed by atoms with Crippen molar-refractivity contribution in [2.45, 2.75) is 0 Å². The lowest BCUT2D eigenvalue weighted by molar-refractivity contribution is -0.104. The van der Waals surface area contributed by atoms with Gasteiger partial charge in [-0.2, -0.15) is 0 Å². The van der Waals surface area contributed by atoms with Gasteiger partial charge in [0.2, 0.25) is 0 Å². The Morgan fingerprint density at radius 3 is 1.50 bits per heavy atom. The first kappa shape index (κ1) is 8.94. The van der Waals surface area contributed by atoms with Gasteiger partial charge in [0.05, 0.1) is 0 Å². The predicted octanol–water partition coefficient (Wildman–Crippen LogP) is 1.17. The highest BCUT2D eigenvalue weighted by atomic mass is 16.1. The van der Waals surface area contributed by atoms with Crippen LogP contribution in [0.5, 0.6) is 0 Å². The molecule has 1 heteroatoms. The lowest BCUT2D eigenvalue weighted by Gasteiger charge is -1.37. The van der Waals surface area contributed by atoms with Crippen molar-refractivity contribution in [1.82, 2.24) is 0 Å². The molecule has 0 fully saturated rings. The zero-order valence-electron chi connectivity index (χ0n) is 3.68. The van der Waals surface area contributed by atoms with Crippen molar-refractivity contribution in [1.29, 1.82) is 0 Å². The zero-order chi connectivity index (χ0) is 5.41. The first-order valence-electron chi connectivity index (χ1n) is 1.48. The molecule has 0 aliphatic carbocycles. The molecule has 0 saturated heterocycles. The second-order valence-electron chi connectivity index (χ2n) is 0.372. The third-order valence-corrected chi connectivity index (χ3v) is 0.0962. The quantitative estimate of drug-likeness (QED) is 0.265. The third-order valence-electron chi connectivity index (χ3n) is 0.0962. The summed E-state index contributed by atoms with van der Waals surface area (Å²) in [6, 6.07) is 0. The molecular weight excluding hydrogens is 76.1 g/mol. The molecule has 1 nitrogen and oxygen atoms in total. The number of allylic oxidation sites excluding steroid dienone is 1. The summed E-state index contributed by atoms with van der Waals surface area (Å²) in [5.74, 6) is 0. The summed E-state index contributed by atoms with van der Waals surface area (Å²) in [5.41, 5.74) is 0. The number of aldehydes is 1. The predicted molar refractivity (Wildman–Crippen MR) is 27.5 cm³/mol. The van der Waals surface area contributed by atoms with E-state index in [9.17, 15) is 0 Å². The van der Waals surface area contributed by atoms with Crippen molar-refractivity contribution >= 4 is 6.29 Å². The van der Waals surface area contributed by atoms with Crippen LogP contribution in [0.1, 0.15) is 0 Å². The molecule has 0 unspecified atom stereocenters. The van der Waals surface area contributed by atoms with E-state index in [-0.39, 0.29) is 0 Å². The maximum absolute atomic E-state index is 9.06. The van der Waals surface area contributed by atoms with Gasteiger partial charge in [-0.05, 0) is 6.08 Å². The summed E-state index contributed by atoms with van der Waals surface area (Å²) in [5, 5.41) is 0. The standard InChI is InChI=1S/C3H4O.C2H4/c1-2-3-4;1-2/h2-3H,1H2;1-2H2. The fourth-order valence-corrected chi connectivity index (χ4v) is 0. The van der Waals surface area contributed by atoms with E-state index in [2.05, 4.69) is 19.7 Å². The highest BCUT2D eigenvalue weighted by Gasteiger charge is 1.38. The molecule has 0 aliphatic rings.